The third-order valence-corrected chi connectivity index (χ3v) is 3.76. The summed E-state index contributed by atoms with van der Waals surface area (Å²) in [5.41, 5.74) is 5.86. The molecule has 1 atom stereocenters. The van der Waals surface area contributed by atoms with E-state index in [9.17, 15) is 0 Å². The molecule has 1 unspecified atom stereocenters. The number of likely N-dealkylation sites (tertiary alicyclic amines) is 1. The van der Waals surface area contributed by atoms with E-state index in [-0.39, 0.29) is 5.41 Å². The maximum absolute atomic E-state index is 8.60. The zero-order chi connectivity index (χ0) is 11.6. The van der Waals surface area contributed by atoms with Crippen molar-refractivity contribution in [2.75, 3.05) is 26.7 Å². The van der Waals surface area contributed by atoms with Crippen LogP contribution in [0.4, 0.5) is 0 Å². The average Bonchev–Trinajstić information content (AvgIpc) is 2.87. The van der Waals surface area contributed by atoms with E-state index in [0.717, 1.165) is 32.5 Å². The number of amidine groups is 1. The minimum absolute atomic E-state index is 0.277. The summed E-state index contributed by atoms with van der Waals surface area (Å²) in [5, 5.41) is 11.7. The second-order valence-electron chi connectivity index (χ2n) is 5.15. The molecule has 3 N–H and O–H groups in total. The molecule has 5 nitrogen and oxygen atoms in total. The fourth-order valence-electron chi connectivity index (χ4n) is 2.59. The van der Waals surface area contributed by atoms with Crippen molar-refractivity contribution in [2.45, 2.75) is 31.8 Å². The topological polar surface area (TPSA) is 71.1 Å². The van der Waals surface area contributed by atoms with Gasteiger partial charge in [-0.25, -0.2) is 0 Å². The fourth-order valence-corrected chi connectivity index (χ4v) is 2.59. The molecule has 1 heterocycles. The minimum atomic E-state index is 0.277. The zero-order valence-electron chi connectivity index (χ0n) is 9.85. The lowest BCUT2D eigenvalue weighted by molar-refractivity contribution is 0.105. The highest BCUT2D eigenvalue weighted by Crippen LogP contribution is 2.49. The van der Waals surface area contributed by atoms with Crippen LogP contribution in [0, 0.1) is 5.41 Å². The molecule has 0 spiro atoms. The highest BCUT2D eigenvalue weighted by Gasteiger charge is 2.45. The Hall–Kier alpha value is -0.810. The number of oxime groups is 1. The number of hydrogen-bond donors (Lipinski definition) is 2. The average molecular weight is 227 g/mol. The van der Waals surface area contributed by atoms with Gasteiger partial charge in [0.15, 0.2) is 0 Å². The third-order valence-electron chi connectivity index (χ3n) is 3.76. The molecule has 2 aliphatic rings. The molecule has 5 heteroatoms. The third kappa shape index (κ3) is 2.65. The van der Waals surface area contributed by atoms with Crippen molar-refractivity contribution < 1.29 is 9.94 Å². The first-order chi connectivity index (χ1) is 7.67. The second-order valence-corrected chi connectivity index (χ2v) is 5.15. The van der Waals surface area contributed by atoms with Gasteiger partial charge in [-0.1, -0.05) is 5.16 Å². The molecule has 0 aromatic heterocycles. The quantitative estimate of drug-likeness (QED) is 0.313. The molecule has 1 aliphatic carbocycles. The maximum atomic E-state index is 8.60. The van der Waals surface area contributed by atoms with E-state index >= 15 is 0 Å². The van der Waals surface area contributed by atoms with Gasteiger partial charge in [-0.2, -0.15) is 0 Å². The predicted octanol–water partition coefficient (Wildman–Crippen LogP) is 0.624. The van der Waals surface area contributed by atoms with Crippen LogP contribution in [0.25, 0.3) is 0 Å². The summed E-state index contributed by atoms with van der Waals surface area (Å²) in [7, 11) is 1.78. The van der Waals surface area contributed by atoms with Crippen molar-refractivity contribution in [1.29, 1.82) is 0 Å². The standard InChI is InChI=1S/C11H21N3O2/c1-16-9-2-5-14(7-9)8-11(3-4-11)6-10(12)13-15/h9,15H,2-8H2,1H3,(H2,12,13). The summed E-state index contributed by atoms with van der Waals surface area (Å²) in [5.74, 6) is 0.361. The van der Waals surface area contributed by atoms with E-state index in [1.165, 1.54) is 12.8 Å². The molecule has 2 fully saturated rings. The van der Waals surface area contributed by atoms with Gasteiger partial charge in [0, 0.05) is 33.2 Å². The van der Waals surface area contributed by atoms with E-state index in [1.807, 2.05) is 0 Å². The Labute approximate surface area is 96.2 Å². The van der Waals surface area contributed by atoms with E-state index in [1.54, 1.807) is 7.11 Å². The molecule has 92 valence electrons. The lowest BCUT2D eigenvalue weighted by Crippen LogP contribution is -2.32. The first-order valence-corrected chi connectivity index (χ1v) is 5.89. The van der Waals surface area contributed by atoms with Gasteiger partial charge in [0.05, 0.1) is 6.10 Å². The Morgan fingerprint density at radius 1 is 1.62 bits per heavy atom. The van der Waals surface area contributed by atoms with Gasteiger partial charge < -0.3 is 20.6 Å². The zero-order valence-corrected chi connectivity index (χ0v) is 9.85. The SMILES string of the molecule is COC1CCN(CC2(CC(N)=NO)CC2)C1. The van der Waals surface area contributed by atoms with Gasteiger partial charge in [0.2, 0.25) is 0 Å². The first kappa shape index (κ1) is 11.7. The smallest absolute Gasteiger partial charge is 0.139 e. The minimum Gasteiger partial charge on any atom is -0.409 e. The summed E-state index contributed by atoms with van der Waals surface area (Å²) >= 11 is 0. The molecular weight excluding hydrogens is 206 g/mol. The van der Waals surface area contributed by atoms with Crippen LogP contribution in [0.5, 0.6) is 0 Å². The van der Waals surface area contributed by atoms with E-state index in [0.29, 0.717) is 11.9 Å². The Morgan fingerprint density at radius 3 is 2.88 bits per heavy atom. The summed E-state index contributed by atoms with van der Waals surface area (Å²) in [6.45, 7) is 3.19. The lowest BCUT2D eigenvalue weighted by atomic mass is 10.0. The van der Waals surface area contributed by atoms with E-state index in [2.05, 4.69) is 10.1 Å². The summed E-state index contributed by atoms with van der Waals surface area (Å²) in [6.07, 6.45) is 4.61. The van der Waals surface area contributed by atoms with Gasteiger partial charge in [-0.15, -0.1) is 0 Å². The highest BCUT2D eigenvalue weighted by atomic mass is 16.5. The van der Waals surface area contributed by atoms with Gasteiger partial charge in [-0.05, 0) is 24.7 Å². The molecule has 2 rings (SSSR count). The van der Waals surface area contributed by atoms with Crippen molar-refractivity contribution in [3.8, 4) is 0 Å². The van der Waals surface area contributed by atoms with Crippen molar-refractivity contribution in [1.82, 2.24) is 4.90 Å². The Balaban J connectivity index is 1.81. The van der Waals surface area contributed by atoms with E-state index < -0.39 is 0 Å². The number of nitrogens with zero attached hydrogens (tertiary/aromatic N) is 2. The molecule has 0 aromatic carbocycles. The lowest BCUT2D eigenvalue weighted by Gasteiger charge is -2.22. The van der Waals surface area contributed by atoms with Crippen molar-refractivity contribution >= 4 is 5.84 Å². The summed E-state index contributed by atoms with van der Waals surface area (Å²) < 4.78 is 5.35. The first-order valence-electron chi connectivity index (χ1n) is 5.89. The van der Waals surface area contributed by atoms with E-state index in [4.69, 9.17) is 15.7 Å². The maximum Gasteiger partial charge on any atom is 0.139 e. The summed E-state index contributed by atoms with van der Waals surface area (Å²) in [4.78, 5) is 2.44. The monoisotopic (exact) mass is 227 g/mol. The molecule has 1 aliphatic heterocycles. The number of ether oxygens (including phenoxy) is 1. The van der Waals surface area contributed by atoms with Crippen LogP contribution in [0.1, 0.15) is 25.7 Å². The highest BCUT2D eigenvalue weighted by molar-refractivity contribution is 5.80. The Morgan fingerprint density at radius 2 is 2.38 bits per heavy atom. The van der Waals surface area contributed by atoms with Gasteiger partial charge in [0.1, 0.15) is 5.84 Å². The van der Waals surface area contributed by atoms with Gasteiger partial charge in [0.25, 0.3) is 0 Å². The molecule has 1 saturated heterocycles. The Kier molecular flexibility index (Phi) is 3.35. The van der Waals surface area contributed by atoms with Crippen LogP contribution in [-0.2, 0) is 4.74 Å². The second kappa shape index (κ2) is 4.59. The van der Waals surface area contributed by atoms with Crippen LogP contribution in [0.2, 0.25) is 0 Å². The number of nitrogens with two attached hydrogens (primary N) is 1. The largest absolute Gasteiger partial charge is 0.409 e. The summed E-state index contributed by atoms with van der Waals surface area (Å²) in [6, 6.07) is 0. The van der Waals surface area contributed by atoms with Crippen LogP contribution < -0.4 is 5.73 Å². The van der Waals surface area contributed by atoms with Gasteiger partial charge in [-0.3, -0.25) is 0 Å². The molecule has 16 heavy (non-hydrogen) atoms. The van der Waals surface area contributed by atoms with Crippen LogP contribution in [-0.4, -0.2) is 48.8 Å². The van der Waals surface area contributed by atoms with Crippen LogP contribution >= 0.6 is 0 Å². The molecular formula is C11H21N3O2. The van der Waals surface area contributed by atoms with Crippen LogP contribution in [0.3, 0.4) is 0 Å². The number of rotatable bonds is 5. The van der Waals surface area contributed by atoms with Crippen LogP contribution in [0.15, 0.2) is 5.16 Å². The molecule has 0 amide bonds. The molecule has 0 radical (unpaired) electrons. The van der Waals surface area contributed by atoms with Crippen molar-refractivity contribution in [3.63, 3.8) is 0 Å². The normalized spacial score (nSPS) is 29.6. The Bertz CT molecular complexity index is 276. The fraction of sp³-hybridized carbons (Fsp3) is 0.909. The van der Waals surface area contributed by atoms with Crippen molar-refractivity contribution in [3.05, 3.63) is 0 Å². The predicted molar refractivity (Wildman–Crippen MR) is 61.5 cm³/mol. The van der Waals surface area contributed by atoms with Gasteiger partial charge >= 0.3 is 0 Å². The molecule has 1 saturated carbocycles. The number of methoxy groups -OCH3 is 1. The molecule has 0 aromatic rings. The number of hydrogen-bond acceptors (Lipinski definition) is 4. The molecule has 0 bridgehead atoms. The van der Waals surface area contributed by atoms with Crippen molar-refractivity contribution in [2.24, 2.45) is 16.3 Å².